The van der Waals surface area contributed by atoms with E-state index >= 15 is 0 Å². The normalized spacial score (nSPS) is 15.2. The Morgan fingerprint density at radius 1 is 0.613 bits per heavy atom. The number of benzene rings is 3. The van der Waals surface area contributed by atoms with E-state index in [1.165, 1.54) is 0 Å². The zero-order valence-electron chi connectivity index (χ0n) is 18.5. The van der Waals surface area contributed by atoms with E-state index in [1.807, 2.05) is 42.5 Å². The van der Waals surface area contributed by atoms with Gasteiger partial charge in [0, 0.05) is 11.6 Å². The molecular formula is C27H27N2NiO+. The van der Waals surface area contributed by atoms with Crippen LogP contribution < -0.4 is 0 Å². The summed E-state index contributed by atoms with van der Waals surface area (Å²) in [5.41, 5.74) is 8.12. The fourth-order valence-electron chi connectivity index (χ4n) is 3.46. The topological polar surface area (TPSA) is 34.0 Å². The molecule has 0 radical (unpaired) electrons. The van der Waals surface area contributed by atoms with Crippen LogP contribution in [0, 0.1) is 35.1 Å². The Hall–Kier alpha value is -2.97. The minimum absolute atomic E-state index is 0. The first-order chi connectivity index (χ1) is 14.0. The zero-order valence-corrected chi connectivity index (χ0v) is 19.5. The summed E-state index contributed by atoms with van der Waals surface area (Å²) >= 11 is 0. The van der Waals surface area contributed by atoms with Gasteiger partial charge in [-0.2, -0.15) is 0 Å². The molecule has 0 N–H and O–H groups in total. The van der Waals surface area contributed by atoms with Gasteiger partial charge in [-0.1, -0.05) is 66.7 Å². The van der Waals surface area contributed by atoms with Gasteiger partial charge in [-0.15, -0.1) is 0 Å². The monoisotopic (exact) mass is 453 g/mol. The van der Waals surface area contributed by atoms with Crippen LogP contribution in [0.3, 0.4) is 0 Å². The molecule has 3 nitrogen and oxygen atoms in total. The molecule has 0 aromatic heterocycles. The number of aliphatic imine (C=N–C) groups is 2. The number of hydrogen-bond acceptors (Lipinski definition) is 3. The number of rotatable bonds is 3. The number of hydrogen-bond donors (Lipinski definition) is 0. The third-order valence-corrected chi connectivity index (χ3v) is 5.08. The Balaban J connectivity index is 0.00000171. The fourth-order valence-corrected chi connectivity index (χ4v) is 3.46. The van der Waals surface area contributed by atoms with E-state index in [0.717, 1.165) is 50.7 Å². The summed E-state index contributed by atoms with van der Waals surface area (Å²) in [6.45, 7) is 8.28. The predicted molar refractivity (Wildman–Crippen MR) is 128 cm³/mol. The van der Waals surface area contributed by atoms with Gasteiger partial charge < -0.3 is 12.2 Å². The van der Waals surface area contributed by atoms with Crippen molar-refractivity contribution in [3.8, 4) is 0 Å². The van der Waals surface area contributed by atoms with Gasteiger partial charge in [0.1, 0.15) is 11.5 Å². The first kappa shape index (κ1) is 24.3. The molecule has 0 atom stereocenters. The first-order valence-electron chi connectivity index (χ1n) is 9.78. The van der Waals surface area contributed by atoms with Crippen LogP contribution in [0.1, 0.15) is 27.8 Å². The molecule has 0 unspecified atom stereocenters. The molecule has 4 rings (SSSR count). The van der Waals surface area contributed by atoms with Gasteiger partial charge in [0.2, 0.25) is 5.90 Å². The van der Waals surface area contributed by atoms with Crippen molar-refractivity contribution in [1.82, 2.24) is 0 Å². The van der Waals surface area contributed by atoms with Crippen molar-refractivity contribution in [2.75, 3.05) is 0 Å². The third kappa shape index (κ3) is 5.21. The van der Waals surface area contributed by atoms with Gasteiger partial charge in [-0.05, 0) is 49.9 Å². The van der Waals surface area contributed by atoms with Crippen LogP contribution in [0.25, 0.3) is 5.76 Å². The molecule has 0 saturated carbocycles. The quantitative estimate of drug-likeness (QED) is 0.303. The molecule has 0 saturated heterocycles. The minimum atomic E-state index is 0. The standard InChI is InChI=1S/C26H24N2O.CH3.Ni/c1-17-10-8-11-18(2)24(17)27-22-16-23(21-14-6-5-7-15-21)29-26(22)28-25-19(3)12-9-13-20(25)4;;/h5-16H,1-4H3;1H3;/q;-1;+2. The largest absolute Gasteiger partial charge is 2.00 e. The molecule has 1 aliphatic heterocycles. The summed E-state index contributed by atoms with van der Waals surface area (Å²) in [4.78, 5) is 9.84. The second-order valence-electron chi connectivity index (χ2n) is 7.37. The molecule has 4 heteroatoms. The van der Waals surface area contributed by atoms with Gasteiger partial charge >= 0.3 is 16.5 Å². The maximum Gasteiger partial charge on any atom is 2.00 e. The second kappa shape index (κ2) is 10.4. The first-order valence-corrected chi connectivity index (χ1v) is 9.78. The number of aryl methyl sites for hydroxylation is 4. The minimum Gasteiger partial charge on any atom is -0.436 e. The smallest absolute Gasteiger partial charge is 0.436 e. The summed E-state index contributed by atoms with van der Waals surface area (Å²) in [5, 5.41) is 0. The Kier molecular flexibility index (Phi) is 8.13. The van der Waals surface area contributed by atoms with Crippen LogP contribution in [0.5, 0.6) is 0 Å². The molecule has 1 heterocycles. The molecule has 3 aromatic carbocycles. The molecule has 0 fully saturated rings. The third-order valence-electron chi connectivity index (χ3n) is 5.08. The average Bonchev–Trinajstić information content (AvgIpc) is 3.11. The van der Waals surface area contributed by atoms with E-state index in [0.29, 0.717) is 5.90 Å². The number of ether oxygens (including phenoxy) is 1. The van der Waals surface area contributed by atoms with E-state index in [2.05, 4.69) is 58.0 Å². The SMILES string of the molecule is Cc1cccc(C)c1N=C1C=C(c2ccccc2)OC1=Nc1c(C)cccc1C.[CH3-].[Ni+2]. The molecular weight excluding hydrogens is 427 g/mol. The Labute approximate surface area is 195 Å². The summed E-state index contributed by atoms with van der Waals surface area (Å²) in [6.07, 6.45) is 1.98. The Bertz CT molecular complexity index is 1120. The second-order valence-corrected chi connectivity index (χ2v) is 7.37. The van der Waals surface area contributed by atoms with Crippen molar-refractivity contribution in [3.63, 3.8) is 0 Å². The van der Waals surface area contributed by atoms with Crippen molar-refractivity contribution in [1.29, 1.82) is 0 Å². The molecule has 31 heavy (non-hydrogen) atoms. The van der Waals surface area contributed by atoms with Crippen molar-refractivity contribution in [2.45, 2.75) is 27.7 Å². The van der Waals surface area contributed by atoms with Crippen LogP contribution in [-0.4, -0.2) is 11.6 Å². The summed E-state index contributed by atoms with van der Waals surface area (Å²) in [6, 6.07) is 22.4. The Morgan fingerprint density at radius 2 is 1.10 bits per heavy atom. The summed E-state index contributed by atoms with van der Waals surface area (Å²) in [7, 11) is 0. The van der Waals surface area contributed by atoms with Crippen LogP contribution in [-0.2, 0) is 21.2 Å². The molecule has 0 amide bonds. The van der Waals surface area contributed by atoms with Gasteiger partial charge in [-0.3, -0.25) is 0 Å². The van der Waals surface area contributed by atoms with Gasteiger partial charge in [-0.25, -0.2) is 9.98 Å². The molecule has 160 valence electrons. The molecule has 0 spiro atoms. The van der Waals surface area contributed by atoms with Gasteiger partial charge in [0.25, 0.3) is 0 Å². The van der Waals surface area contributed by atoms with E-state index < -0.39 is 0 Å². The van der Waals surface area contributed by atoms with E-state index in [1.54, 1.807) is 0 Å². The van der Waals surface area contributed by atoms with Crippen molar-refractivity contribution in [3.05, 3.63) is 108 Å². The zero-order chi connectivity index (χ0) is 20.4. The summed E-state index contributed by atoms with van der Waals surface area (Å²) in [5.74, 6) is 1.30. The van der Waals surface area contributed by atoms with Crippen molar-refractivity contribution in [2.24, 2.45) is 9.98 Å². The van der Waals surface area contributed by atoms with E-state index in [9.17, 15) is 0 Å². The number of nitrogens with zero attached hydrogens (tertiary/aromatic N) is 2. The summed E-state index contributed by atoms with van der Waals surface area (Å²) < 4.78 is 6.21. The van der Waals surface area contributed by atoms with Crippen molar-refractivity contribution >= 4 is 28.7 Å². The van der Waals surface area contributed by atoms with Crippen LogP contribution in [0.2, 0.25) is 0 Å². The van der Waals surface area contributed by atoms with E-state index in [-0.39, 0.29) is 23.9 Å². The van der Waals surface area contributed by atoms with E-state index in [4.69, 9.17) is 14.7 Å². The maximum atomic E-state index is 6.21. The van der Waals surface area contributed by atoms with Gasteiger partial charge in [0.15, 0.2) is 0 Å². The molecule has 1 aliphatic rings. The molecule has 0 aliphatic carbocycles. The maximum absolute atomic E-state index is 6.21. The van der Waals surface area contributed by atoms with Crippen LogP contribution in [0.15, 0.2) is 82.8 Å². The predicted octanol–water partition coefficient (Wildman–Crippen LogP) is 7.24. The molecule has 3 aromatic rings. The number of para-hydroxylation sites is 2. The fraction of sp³-hybridized carbons (Fsp3) is 0.148. The van der Waals surface area contributed by atoms with Crippen LogP contribution in [0.4, 0.5) is 11.4 Å². The Morgan fingerprint density at radius 3 is 1.61 bits per heavy atom. The van der Waals surface area contributed by atoms with Crippen LogP contribution >= 0.6 is 0 Å². The van der Waals surface area contributed by atoms with Gasteiger partial charge in [0.05, 0.1) is 11.4 Å². The van der Waals surface area contributed by atoms with Crippen molar-refractivity contribution < 1.29 is 21.2 Å². The molecule has 0 bridgehead atoms. The average molecular weight is 454 g/mol.